The van der Waals surface area contributed by atoms with Gasteiger partial charge in [-0.3, -0.25) is 14.4 Å². The molecule has 0 radical (unpaired) electrons. The quantitative estimate of drug-likeness (QED) is 0.594. The smallest absolute Gasteiger partial charge is 0.255 e. The number of amides is 3. The number of rotatable bonds is 5. The zero-order valence-electron chi connectivity index (χ0n) is 17.1. The number of fused-ring (bicyclic) bond motifs is 1. The summed E-state index contributed by atoms with van der Waals surface area (Å²) in [5, 5.41) is 8.38. The average molecular weight is 415 g/mol. The molecule has 31 heavy (non-hydrogen) atoms. The van der Waals surface area contributed by atoms with Crippen LogP contribution in [0.2, 0.25) is 0 Å². The van der Waals surface area contributed by atoms with E-state index in [4.69, 9.17) is 4.74 Å². The number of nitrogens with one attached hydrogen (secondary N) is 3. The molecule has 1 unspecified atom stereocenters. The molecule has 7 heteroatoms. The molecule has 4 rings (SSSR count). The highest BCUT2D eigenvalue weighted by atomic mass is 16.5. The van der Waals surface area contributed by atoms with Crippen LogP contribution in [-0.4, -0.2) is 24.8 Å². The zero-order valence-corrected chi connectivity index (χ0v) is 17.1. The van der Waals surface area contributed by atoms with E-state index in [9.17, 15) is 14.4 Å². The van der Waals surface area contributed by atoms with E-state index in [-0.39, 0.29) is 17.7 Å². The highest BCUT2D eigenvalue weighted by Crippen LogP contribution is 2.41. The monoisotopic (exact) mass is 415 g/mol. The van der Waals surface area contributed by atoms with Crippen molar-refractivity contribution in [2.24, 2.45) is 0 Å². The van der Waals surface area contributed by atoms with Crippen LogP contribution in [0.5, 0.6) is 5.75 Å². The Balaban J connectivity index is 1.85. The Morgan fingerprint density at radius 1 is 0.935 bits per heavy atom. The fraction of sp³-hybridized carbons (Fsp3) is 0.125. The van der Waals surface area contributed by atoms with Gasteiger partial charge in [-0.25, -0.2) is 0 Å². The molecule has 7 nitrogen and oxygen atoms in total. The van der Waals surface area contributed by atoms with Gasteiger partial charge in [0.1, 0.15) is 11.9 Å². The molecule has 1 aliphatic rings. The molecule has 0 saturated heterocycles. The Labute approximate surface area is 179 Å². The zero-order chi connectivity index (χ0) is 22.0. The molecule has 3 aromatic rings. The number of methoxy groups -OCH3 is 1. The SMILES string of the molecule is COc1ccccc1-c1ccc(NC(=O)c2ccccc2)c2c1C(NC(C)=O)NC2=O. The van der Waals surface area contributed by atoms with Crippen molar-refractivity contribution >= 4 is 23.4 Å². The van der Waals surface area contributed by atoms with Crippen LogP contribution in [0.1, 0.15) is 39.4 Å². The second kappa shape index (κ2) is 8.31. The first-order chi connectivity index (χ1) is 15.0. The van der Waals surface area contributed by atoms with Crippen molar-refractivity contribution < 1.29 is 19.1 Å². The summed E-state index contributed by atoms with van der Waals surface area (Å²) in [4.78, 5) is 37.4. The van der Waals surface area contributed by atoms with Gasteiger partial charge in [0.05, 0.1) is 18.4 Å². The molecule has 0 fully saturated rings. The predicted molar refractivity (Wildman–Crippen MR) is 117 cm³/mol. The Hall–Kier alpha value is -4.13. The van der Waals surface area contributed by atoms with E-state index in [0.717, 1.165) is 11.1 Å². The molecule has 1 atom stereocenters. The number of anilines is 1. The van der Waals surface area contributed by atoms with Crippen molar-refractivity contribution in [3.63, 3.8) is 0 Å². The van der Waals surface area contributed by atoms with Crippen LogP contribution in [0, 0.1) is 0 Å². The third-order valence-electron chi connectivity index (χ3n) is 5.07. The van der Waals surface area contributed by atoms with Crippen LogP contribution in [0.3, 0.4) is 0 Å². The van der Waals surface area contributed by atoms with Crippen LogP contribution >= 0.6 is 0 Å². The van der Waals surface area contributed by atoms with Gasteiger partial charge in [-0.2, -0.15) is 0 Å². The van der Waals surface area contributed by atoms with Crippen molar-refractivity contribution in [2.45, 2.75) is 13.1 Å². The minimum Gasteiger partial charge on any atom is -0.496 e. The number of para-hydroxylation sites is 1. The van der Waals surface area contributed by atoms with Crippen molar-refractivity contribution in [3.05, 3.63) is 83.4 Å². The maximum atomic E-state index is 12.9. The molecule has 156 valence electrons. The molecule has 0 aromatic heterocycles. The molecule has 3 N–H and O–H groups in total. The second-order valence-corrected chi connectivity index (χ2v) is 7.08. The molecular formula is C24H21N3O4. The van der Waals surface area contributed by atoms with Crippen molar-refractivity contribution in [3.8, 4) is 16.9 Å². The minimum atomic E-state index is -0.728. The molecular weight excluding hydrogens is 394 g/mol. The van der Waals surface area contributed by atoms with Gasteiger partial charge in [0.25, 0.3) is 11.8 Å². The fourth-order valence-electron chi connectivity index (χ4n) is 3.74. The van der Waals surface area contributed by atoms with Gasteiger partial charge < -0.3 is 20.7 Å². The van der Waals surface area contributed by atoms with Crippen LogP contribution < -0.4 is 20.7 Å². The largest absolute Gasteiger partial charge is 0.496 e. The summed E-state index contributed by atoms with van der Waals surface area (Å²) in [6, 6.07) is 19.7. The lowest BCUT2D eigenvalue weighted by atomic mass is 9.93. The van der Waals surface area contributed by atoms with Crippen molar-refractivity contribution in [2.75, 3.05) is 12.4 Å². The summed E-state index contributed by atoms with van der Waals surface area (Å²) in [5.74, 6) is -0.368. The predicted octanol–water partition coefficient (Wildman–Crippen LogP) is 3.49. The Morgan fingerprint density at radius 2 is 1.65 bits per heavy atom. The van der Waals surface area contributed by atoms with E-state index in [1.807, 2.05) is 36.4 Å². The average Bonchev–Trinajstić information content (AvgIpc) is 3.10. The van der Waals surface area contributed by atoms with Gasteiger partial charge in [0, 0.05) is 23.6 Å². The summed E-state index contributed by atoms with van der Waals surface area (Å²) >= 11 is 0. The van der Waals surface area contributed by atoms with Crippen LogP contribution in [0.25, 0.3) is 11.1 Å². The molecule has 3 amide bonds. The number of carbonyl (C=O) groups is 3. The van der Waals surface area contributed by atoms with Crippen molar-refractivity contribution in [1.29, 1.82) is 0 Å². The molecule has 3 aromatic carbocycles. The number of hydrogen-bond acceptors (Lipinski definition) is 4. The van der Waals surface area contributed by atoms with E-state index >= 15 is 0 Å². The standard InChI is InChI=1S/C24H21N3O4/c1-14(28)25-22-20-17(16-10-6-7-11-19(16)31-2)12-13-18(21(20)24(30)27-22)26-23(29)15-8-4-3-5-9-15/h3-13,22H,1-2H3,(H,25,28)(H,26,29)(H,27,30). The first-order valence-electron chi connectivity index (χ1n) is 9.74. The van der Waals surface area contributed by atoms with E-state index in [0.29, 0.717) is 28.1 Å². The number of carbonyl (C=O) groups excluding carboxylic acids is 3. The van der Waals surface area contributed by atoms with Crippen LogP contribution in [0.4, 0.5) is 5.69 Å². The summed E-state index contributed by atoms with van der Waals surface area (Å²) in [5.41, 5.74) is 3.23. The Morgan fingerprint density at radius 3 is 2.35 bits per heavy atom. The second-order valence-electron chi connectivity index (χ2n) is 7.08. The maximum Gasteiger partial charge on any atom is 0.255 e. The molecule has 0 saturated carbocycles. The lowest BCUT2D eigenvalue weighted by molar-refractivity contribution is -0.119. The molecule has 0 spiro atoms. The summed E-state index contributed by atoms with van der Waals surface area (Å²) in [7, 11) is 1.57. The van der Waals surface area contributed by atoms with E-state index in [1.165, 1.54) is 6.92 Å². The maximum absolute atomic E-state index is 12.9. The third-order valence-corrected chi connectivity index (χ3v) is 5.07. The Kier molecular flexibility index (Phi) is 5.41. The van der Waals surface area contributed by atoms with E-state index in [1.54, 1.807) is 37.4 Å². The number of ether oxygens (including phenoxy) is 1. The Bertz CT molecular complexity index is 1170. The van der Waals surface area contributed by atoms with Gasteiger partial charge in [-0.05, 0) is 29.8 Å². The van der Waals surface area contributed by atoms with Gasteiger partial charge in [0.2, 0.25) is 5.91 Å². The van der Waals surface area contributed by atoms with Crippen molar-refractivity contribution in [1.82, 2.24) is 10.6 Å². The van der Waals surface area contributed by atoms with Gasteiger partial charge in [-0.15, -0.1) is 0 Å². The summed E-state index contributed by atoms with van der Waals surface area (Å²) in [6.07, 6.45) is -0.728. The van der Waals surface area contributed by atoms with Crippen LogP contribution in [-0.2, 0) is 4.79 Å². The van der Waals surface area contributed by atoms with E-state index in [2.05, 4.69) is 16.0 Å². The first-order valence-corrected chi connectivity index (χ1v) is 9.74. The molecule has 0 bridgehead atoms. The van der Waals surface area contributed by atoms with Gasteiger partial charge in [-0.1, -0.05) is 42.5 Å². The third kappa shape index (κ3) is 3.85. The molecule has 0 aliphatic carbocycles. The van der Waals surface area contributed by atoms with Gasteiger partial charge in [0.15, 0.2) is 0 Å². The number of hydrogen-bond donors (Lipinski definition) is 3. The number of benzene rings is 3. The highest BCUT2D eigenvalue weighted by Gasteiger charge is 2.35. The fourth-order valence-corrected chi connectivity index (χ4v) is 3.74. The van der Waals surface area contributed by atoms with E-state index < -0.39 is 6.17 Å². The lowest BCUT2D eigenvalue weighted by Gasteiger charge is -2.19. The first kappa shape index (κ1) is 20.2. The minimum absolute atomic E-state index is 0.289. The van der Waals surface area contributed by atoms with Crippen LogP contribution in [0.15, 0.2) is 66.7 Å². The lowest BCUT2D eigenvalue weighted by Crippen LogP contribution is -2.34. The summed E-state index contributed by atoms with van der Waals surface area (Å²) in [6.45, 7) is 1.38. The topological polar surface area (TPSA) is 96.5 Å². The normalized spacial score (nSPS) is 14.4. The highest BCUT2D eigenvalue weighted by molar-refractivity contribution is 6.12. The molecule has 1 heterocycles. The summed E-state index contributed by atoms with van der Waals surface area (Å²) < 4.78 is 5.49. The molecule has 1 aliphatic heterocycles. The van der Waals surface area contributed by atoms with Gasteiger partial charge >= 0.3 is 0 Å².